The first-order valence-electron chi connectivity index (χ1n) is 9.64. The number of hydrogen-bond acceptors (Lipinski definition) is 3. The molecule has 5 heteroatoms. The first kappa shape index (κ1) is 17.5. The molecular formula is C22H24N4O. The van der Waals surface area contributed by atoms with Gasteiger partial charge in [-0.1, -0.05) is 85.1 Å². The average Bonchev–Trinajstić information content (AvgIpc) is 3.24. The summed E-state index contributed by atoms with van der Waals surface area (Å²) in [5.74, 6) is -0.199. The van der Waals surface area contributed by atoms with Gasteiger partial charge in [-0.05, 0) is 24.0 Å². The molecule has 1 saturated carbocycles. The van der Waals surface area contributed by atoms with Crippen molar-refractivity contribution in [1.82, 2.24) is 20.3 Å². The molecule has 5 nitrogen and oxygen atoms in total. The van der Waals surface area contributed by atoms with Crippen LogP contribution in [0.1, 0.15) is 65.8 Å². The summed E-state index contributed by atoms with van der Waals surface area (Å²) in [7, 11) is 0. The number of amides is 1. The van der Waals surface area contributed by atoms with E-state index >= 15 is 0 Å². The lowest BCUT2D eigenvalue weighted by Gasteiger charge is -2.21. The van der Waals surface area contributed by atoms with Crippen LogP contribution >= 0.6 is 0 Å². The van der Waals surface area contributed by atoms with Gasteiger partial charge >= 0.3 is 0 Å². The van der Waals surface area contributed by atoms with Gasteiger partial charge in [0.15, 0.2) is 5.69 Å². The van der Waals surface area contributed by atoms with Crippen LogP contribution in [0.4, 0.5) is 0 Å². The van der Waals surface area contributed by atoms with Crippen LogP contribution in [0.3, 0.4) is 0 Å². The molecule has 0 unspecified atom stereocenters. The van der Waals surface area contributed by atoms with E-state index in [0.29, 0.717) is 11.7 Å². The lowest BCUT2D eigenvalue weighted by atomic mass is 9.96. The molecule has 0 saturated heterocycles. The van der Waals surface area contributed by atoms with Crippen molar-refractivity contribution in [1.29, 1.82) is 0 Å². The van der Waals surface area contributed by atoms with Gasteiger partial charge in [0.1, 0.15) is 0 Å². The molecule has 0 aliphatic heterocycles. The molecule has 1 aliphatic rings. The van der Waals surface area contributed by atoms with Crippen LogP contribution in [0.5, 0.6) is 0 Å². The Morgan fingerprint density at radius 2 is 1.52 bits per heavy atom. The quantitative estimate of drug-likeness (QED) is 0.738. The van der Waals surface area contributed by atoms with Crippen LogP contribution in [-0.2, 0) is 0 Å². The maximum absolute atomic E-state index is 12.9. The first-order valence-corrected chi connectivity index (χ1v) is 9.64. The number of benzene rings is 2. The van der Waals surface area contributed by atoms with Gasteiger partial charge in [-0.15, -0.1) is 5.10 Å². The van der Waals surface area contributed by atoms with Crippen LogP contribution in [-0.4, -0.2) is 20.9 Å². The Morgan fingerprint density at radius 1 is 0.926 bits per heavy atom. The minimum atomic E-state index is -0.222. The fourth-order valence-electron chi connectivity index (χ4n) is 3.76. The summed E-state index contributed by atoms with van der Waals surface area (Å²) < 4.78 is 1.87. The van der Waals surface area contributed by atoms with E-state index in [-0.39, 0.29) is 11.9 Å². The van der Waals surface area contributed by atoms with E-state index < -0.39 is 0 Å². The number of carbonyl (C=O) groups is 1. The molecule has 3 aromatic rings. The number of carbonyl (C=O) groups excluding carboxylic acids is 1. The highest BCUT2D eigenvalue weighted by atomic mass is 16.2. The summed E-state index contributed by atoms with van der Waals surface area (Å²) in [6, 6.07) is 20.1. The molecular weight excluding hydrogens is 336 g/mol. The van der Waals surface area contributed by atoms with Gasteiger partial charge in [0.25, 0.3) is 5.91 Å². The lowest BCUT2D eigenvalue weighted by Crippen LogP contribution is -2.29. The van der Waals surface area contributed by atoms with E-state index in [2.05, 4.69) is 15.6 Å². The molecule has 0 bridgehead atoms. The molecule has 27 heavy (non-hydrogen) atoms. The van der Waals surface area contributed by atoms with Crippen molar-refractivity contribution in [3.8, 4) is 0 Å². The highest BCUT2D eigenvalue weighted by Crippen LogP contribution is 2.27. The van der Waals surface area contributed by atoms with Crippen molar-refractivity contribution in [3.05, 3.63) is 83.7 Å². The fourth-order valence-corrected chi connectivity index (χ4v) is 3.76. The molecule has 0 radical (unpaired) electrons. The summed E-state index contributed by atoms with van der Waals surface area (Å²) in [6.07, 6.45) is 7.74. The Morgan fingerprint density at radius 3 is 2.11 bits per heavy atom. The second-order valence-electron chi connectivity index (χ2n) is 7.10. The largest absolute Gasteiger partial charge is 0.340 e. The molecule has 1 amide bonds. The molecule has 1 aromatic heterocycles. The second kappa shape index (κ2) is 8.16. The van der Waals surface area contributed by atoms with Gasteiger partial charge < -0.3 is 5.32 Å². The van der Waals surface area contributed by atoms with Gasteiger partial charge in [0.05, 0.1) is 18.3 Å². The van der Waals surface area contributed by atoms with Crippen LogP contribution in [0, 0.1) is 0 Å². The third-order valence-corrected chi connectivity index (χ3v) is 5.23. The van der Waals surface area contributed by atoms with E-state index in [1.165, 1.54) is 19.3 Å². The van der Waals surface area contributed by atoms with Crippen LogP contribution in [0.2, 0.25) is 0 Å². The minimum Gasteiger partial charge on any atom is -0.340 e. The molecule has 1 fully saturated rings. The number of nitrogens with one attached hydrogen (secondary N) is 1. The molecule has 0 atom stereocenters. The molecule has 1 aliphatic carbocycles. The summed E-state index contributed by atoms with van der Waals surface area (Å²) in [5.41, 5.74) is 2.45. The zero-order valence-corrected chi connectivity index (χ0v) is 15.3. The van der Waals surface area contributed by atoms with Crippen molar-refractivity contribution >= 4 is 5.91 Å². The van der Waals surface area contributed by atoms with Crippen LogP contribution in [0.25, 0.3) is 0 Å². The average molecular weight is 360 g/mol. The van der Waals surface area contributed by atoms with E-state index in [1.54, 1.807) is 6.20 Å². The third-order valence-electron chi connectivity index (χ3n) is 5.23. The zero-order chi connectivity index (χ0) is 18.5. The number of hydrogen-bond donors (Lipinski definition) is 1. The second-order valence-corrected chi connectivity index (χ2v) is 7.10. The predicted molar refractivity (Wildman–Crippen MR) is 104 cm³/mol. The number of rotatable bonds is 5. The Hall–Kier alpha value is -2.95. The van der Waals surface area contributed by atoms with Crippen molar-refractivity contribution < 1.29 is 4.79 Å². The normalized spacial score (nSPS) is 15.0. The summed E-state index contributed by atoms with van der Waals surface area (Å²) in [6.45, 7) is 0. The monoisotopic (exact) mass is 360 g/mol. The van der Waals surface area contributed by atoms with Gasteiger partial charge in [-0.3, -0.25) is 4.79 Å². The Bertz CT molecular complexity index is 830. The predicted octanol–water partition coefficient (Wildman–Crippen LogP) is 4.30. The molecule has 0 spiro atoms. The van der Waals surface area contributed by atoms with E-state index in [4.69, 9.17) is 0 Å². The van der Waals surface area contributed by atoms with Crippen molar-refractivity contribution in [2.75, 3.05) is 0 Å². The van der Waals surface area contributed by atoms with Crippen molar-refractivity contribution in [2.24, 2.45) is 0 Å². The Balaban J connectivity index is 1.54. The summed E-state index contributed by atoms with van der Waals surface area (Å²) in [5, 5.41) is 11.5. The molecule has 4 rings (SSSR count). The summed E-state index contributed by atoms with van der Waals surface area (Å²) >= 11 is 0. The van der Waals surface area contributed by atoms with E-state index in [0.717, 1.165) is 24.0 Å². The zero-order valence-electron chi connectivity index (χ0n) is 15.3. The standard InChI is InChI=1S/C22H24N4O/c27-22(20-16-26(25-24-20)19-14-8-3-9-15-19)23-21(17-10-4-1-5-11-17)18-12-6-2-7-13-18/h1-2,4-7,10-13,16,19,21H,3,8-9,14-15H2,(H,23,27). The van der Waals surface area contributed by atoms with E-state index in [1.807, 2.05) is 65.3 Å². The van der Waals surface area contributed by atoms with E-state index in [9.17, 15) is 4.79 Å². The maximum atomic E-state index is 12.9. The lowest BCUT2D eigenvalue weighted by molar-refractivity contribution is 0.0938. The Labute approximate surface area is 159 Å². The molecule has 2 aromatic carbocycles. The van der Waals surface area contributed by atoms with Crippen LogP contribution < -0.4 is 5.32 Å². The van der Waals surface area contributed by atoms with Crippen molar-refractivity contribution in [2.45, 2.75) is 44.2 Å². The van der Waals surface area contributed by atoms with Gasteiger partial charge in [0, 0.05) is 0 Å². The fraction of sp³-hybridized carbons (Fsp3) is 0.318. The third kappa shape index (κ3) is 4.08. The smallest absolute Gasteiger partial charge is 0.274 e. The minimum absolute atomic E-state index is 0.199. The maximum Gasteiger partial charge on any atom is 0.274 e. The number of nitrogens with zero attached hydrogens (tertiary/aromatic N) is 3. The topological polar surface area (TPSA) is 59.8 Å². The van der Waals surface area contributed by atoms with Crippen molar-refractivity contribution in [3.63, 3.8) is 0 Å². The highest BCUT2D eigenvalue weighted by Gasteiger charge is 2.22. The SMILES string of the molecule is O=C(NC(c1ccccc1)c1ccccc1)c1cn(C2CCCCC2)nn1. The first-order chi connectivity index (χ1) is 13.3. The number of aromatic nitrogens is 3. The van der Waals surface area contributed by atoms with Gasteiger partial charge in [0.2, 0.25) is 0 Å². The van der Waals surface area contributed by atoms with Crippen LogP contribution in [0.15, 0.2) is 66.9 Å². The molecule has 1 heterocycles. The van der Waals surface area contributed by atoms with Gasteiger partial charge in [-0.2, -0.15) is 0 Å². The highest BCUT2D eigenvalue weighted by molar-refractivity contribution is 5.92. The summed E-state index contributed by atoms with van der Waals surface area (Å²) in [4.78, 5) is 12.9. The molecule has 1 N–H and O–H groups in total. The molecule has 138 valence electrons. The van der Waals surface area contributed by atoms with Gasteiger partial charge in [-0.25, -0.2) is 4.68 Å². The Kier molecular flexibility index (Phi) is 5.28.